The predicted octanol–water partition coefficient (Wildman–Crippen LogP) is 5.96. The molecule has 0 aromatic heterocycles. The zero-order valence-electron chi connectivity index (χ0n) is 23.2. The van der Waals surface area contributed by atoms with Gasteiger partial charge < -0.3 is 14.5 Å². The summed E-state index contributed by atoms with van der Waals surface area (Å²) in [4.78, 5) is 33.5. The maximum absolute atomic E-state index is 13.7. The Balaban J connectivity index is 1.39. The number of anilines is 1. The second kappa shape index (κ2) is 13.3. The normalized spacial score (nSPS) is 16.9. The number of para-hydroxylation sites is 1. The number of halogens is 1. The summed E-state index contributed by atoms with van der Waals surface area (Å²) in [6, 6.07) is 23.8. The molecule has 0 radical (unpaired) electrons. The third kappa shape index (κ3) is 7.43. The smallest absolute Gasteiger partial charge is 0.230 e. The summed E-state index contributed by atoms with van der Waals surface area (Å²) in [6.07, 6.45) is 4.01. The largest absolute Gasteiger partial charge is 0.497 e. The highest BCUT2D eigenvalue weighted by Gasteiger charge is 2.35. The lowest BCUT2D eigenvalue weighted by atomic mass is 10.1. The molecular weight excluding hydrogens is 522 g/mol. The number of nitrogens with zero attached hydrogens (tertiary/aromatic N) is 3. The SMILES string of the molecule is COc1ccc(CC(=O)N2CCCN(Cc3ccc(Cl)cc3)CCCN(C(=O)C3CC3)c3ccccc3C2)cc1. The van der Waals surface area contributed by atoms with Crippen LogP contribution in [0.1, 0.15) is 42.4 Å². The maximum atomic E-state index is 13.7. The Morgan fingerprint density at radius 1 is 0.850 bits per heavy atom. The number of hydrogen-bond donors (Lipinski definition) is 0. The summed E-state index contributed by atoms with van der Waals surface area (Å²) < 4.78 is 5.28. The molecule has 0 saturated heterocycles. The van der Waals surface area contributed by atoms with Crippen molar-refractivity contribution in [2.45, 2.75) is 45.2 Å². The molecule has 40 heavy (non-hydrogen) atoms. The van der Waals surface area contributed by atoms with Crippen LogP contribution in [0, 0.1) is 5.92 Å². The van der Waals surface area contributed by atoms with E-state index in [1.54, 1.807) is 7.11 Å². The van der Waals surface area contributed by atoms with Gasteiger partial charge in [-0.2, -0.15) is 0 Å². The van der Waals surface area contributed by atoms with Gasteiger partial charge in [-0.1, -0.05) is 54.1 Å². The zero-order chi connectivity index (χ0) is 27.9. The number of methoxy groups -OCH3 is 1. The average Bonchev–Trinajstić information content (AvgIpc) is 3.81. The molecule has 1 saturated carbocycles. The second-order valence-electron chi connectivity index (χ2n) is 10.8. The van der Waals surface area contributed by atoms with Crippen LogP contribution in [0.3, 0.4) is 0 Å². The number of rotatable bonds is 6. The molecule has 1 heterocycles. The Morgan fingerprint density at radius 2 is 1.52 bits per heavy atom. The van der Waals surface area contributed by atoms with Crippen molar-refractivity contribution >= 4 is 29.1 Å². The monoisotopic (exact) mass is 559 g/mol. The molecule has 7 heteroatoms. The zero-order valence-corrected chi connectivity index (χ0v) is 24.0. The van der Waals surface area contributed by atoms with Gasteiger partial charge in [0.2, 0.25) is 11.8 Å². The van der Waals surface area contributed by atoms with Crippen LogP contribution < -0.4 is 9.64 Å². The lowest BCUT2D eigenvalue weighted by Crippen LogP contribution is -2.39. The standard InChI is InChI=1S/C33H38ClN3O3/c1-40-30-16-10-25(11-17-30)22-32(38)36-20-4-18-35(23-26-8-14-29(34)15-9-26)19-5-21-37(33(39)27-12-13-27)31-7-3-2-6-28(31)24-36/h2-3,6-11,14-17,27H,4-5,12-13,18-24H2,1H3. The Morgan fingerprint density at radius 3 is 2.23 bits per heavy atom. The van der Waals surface area contributed by atoms with Crippen molar-refractivity contribution in [2.75, 3.05) is 38.2 Å². The molecule has 2 aliphatic rings. The summed E-state index contributed by atoms with van der Waals surface area (Å²) in [6.45, 7) is 4.35. The Hall–Kier alpha value is -3.35. The van der Waals surface area contributed by atoms with Crippen molar-refractivity contribution in [3.63, 3.8) is 0 Å². The number of amides is 2. The van der Waals surface area contributed by atoms with E-state index in [1.165, 1.54) is 5.56 Å². The fourth-order valence-electron chi connectivity index (χ4n) is 5.39. The third-order valence-corrected chi connectivity index (χ3v) is 8.03. The van der Waals surface area contributed by atoms with Gasteiger partial charge >= 0.3 is 0 Å². The lowest BCUT2D eigenvalue weighted by molar-refractivity contribution is -0.131. The van der Waals surface area contributed by atoms with Gasteiger partial charge in [-0.15, -0.1) is 0 Å². The van der Waals surface area contributed by atoms with Crippen molar-refractivity contribution in [1.29, 1.82) is 0 Å². The molecule has 1 aliphatic heterocycles. The summed E-state index contributed by atoms with van der Waals surface area (Å²) in [5.41, 5.74) is 4.13. The van der Waals surface area contributed by atoms with Gasteiger partial charge in [-0.3, -0.25) is 14.5 Å². The van der Waals surface area contributed by atoms with Crippen molar-refractivity contribution in [2.24, 2.45) is 5.92 Å². The third-order valence-electron chi connectivity index (χ3n) is 7.78. The van der Waals surface area contributed by atoms with Gasteiger partial charge in [0.1, 0.15) is 5.75 Å². The second-order valence-corrected chi connectivity index (χ2v) is 11.3. The minimum Gasteiger partial charge on any atom is -0.497 e. The van der Waals surface area contributed by atoms with E-state index in [1.807, 2.05) is 64.4 Å². The van der Waals surface area contributed by atoms with Crippen LogP contribution in [0.25, 0.3) is 0 Å². The molecule has 0 N–H and O–H groups in total. The van der Waals surface area contributed by atoms with E-state index in [9.17, 15) is 9.59 Å². The first-order chi connectivity index (χ1) is 19.5. The number of carbonyl (C=O) groups is 2. The van der Waals surface area contributed by atoms with E-state index in [4.69, 9.17) is 16.3 Å². The Labute approximate surface area is 242 Å². The summed E-state index contributed by atoms with van der Waals surface area (Å²) in [7, 11) is 1.64. The van der Waals surface area contributed by atoms with Crippen LogP contribution in [-0.4, -0.2) is 54.9 Å². The molecule has 0 bridgehead atoms. The van der Waals surface area contributed by atoms with Crippen LogP contribution in [-0.2, 0) is 29.1 Å². The highest BCUT2D eigenvalue weighted by atomic mass is 35.5. The van der Waals surface area contributed by atoms with E-state index in [0.29, 0.717) is 26.1 Å². The fourth-order valence-corrected chi connectivity index (χ4v) is 5.52. The fraction of sp³-hybridized carbons (Fsp3) is 0.394. The topological polar surface area (TPSA) is 53.1 Å². The molecule has 1 fully saturated rings. The first-order valence-electron chi connectivity index (χ1n) is 14.3. The minimum absolute atomic E-state index is 0.0846. The first-order valence-corrected chi connectivity index (χ1v) is 14.6. The molecule has 0 unspecified atom stereocenters. The van der Waals surface area contributed by atoms with Gasteiger partial charge in [0, 0.05) is 55.9 Å². The van der Waals surface area contributed by atoms with Crippen LogP contribution in [0.5, 0.6) is 5.75 Å². The lowest BCUT2D eigenvalue weighted by Gasteiger charge is -2.32. The molecule has 2 amide bonds. The minimum atomic E-state index is 0.0846. The van der Waals surface area contributed by atoms with E-state index in [0.717, 1.165) is 72.9 Å². The van der Waals surface area contributed by atoms with Crippen LogP contribution in [0.15, 0.2) is 72.8 Å². The van der Waals surface area contributed by atoms with Crippen molar-refractivity contribution in [1.82, 2.24) is 9.80 Å². The molecule has 210 valence electrons. The molecule has 0 spiro atoms. The molecule has 3 aromatic rings. The van der Waals surface area contributed by atoms with E-state index < -0.39 is 0 Å². The van der Waals surface area contributed by atoms with Gasteiger partial charge in [0.05, 0.1) is 13.5 Å². The van der Waals surface area contributed by atoms with Gasteiger partial charge in [-0.05, 0) is 72.7 Å². The number of fused-ring (bicyclic) bond motifs is 1. The first kappa shape index (κ1) is 28.2. The summed E-state index contributed by atoms with van der Waals surface area (Å²) in [5.74, 6) is 1.20. The van der Waals surface area contributed by atoms with E-state index in [2.05, 4.69) is 23.1 Å². The Bertz CT molecular complexity index is 1290. The Kier molecular flexibility index (Phi) is 9.40. The van der Waals surface area contributed by atoms with E-state index >= 15 is 0 Å². The molecule has 3 aromatic carbocycles. The van der Waals surface area contributed by atoms with Crippen molar-refractivity contribution in [3.8, 4) is 5.75 Å². The van der Waals surface area contributed by atoms with Crippen molar-refractivity contribution in [3.05, 3.63) is 94.5 Å². The highest BCUT2D eigenvalue weighted by Crippen LogP contribution is 2.34. The summed E-state index contributed by atoms with van der Waals surface area (Å²) in [5, 5.41) is 0.733. The molecule has 1 aliphatic carbocycles. The number of carbonyl (C=O) groups excluding carboxylic acids is 2. The van der Waals surface area contributed by atoms with E-state index in [-0.39, 0.29) is 17.7 Å². The van der Waals surface area contributed by atoms with Gasteiger partial charge in [0.25, 0.3) is 0 Å². The van der Waals surface area contributed by atoms with Crippen LogP contribution in [0.2, 0.25) is 5.02 Å². The highest BCUT2D eigenvalue weighted by molar-refractivity contribution is 6.30. The number of ether oxygens (including phenoxy) is 1. The quantitative estimate of drug-likeness (QED) is 0.374. The average molecular weight is 560 g/mol. The number of hydrogen-bond acceptors (Lipinski definition) is 4. The van der Waals surface area contributed by atoms with Crippen LogP contribution in [0.4, 0.5) is 5.69 Å². The molecule has 5 rings (SSSR count). The summed E-state index contributed by atoms with van der Waals surface area (Å²) >= 11 is 6.12. The molecule has 0 atom stereocenters. The van der Waals surface area contributed by atoms with Gasteiger partial charge in [0.15, 0.2) is 0 Å². The molecular formula is C33H38ClN3O3. The van der Waals surface area contributed by atoms with Crippen molar-refractivity contribution < 1.29 is 14.3 Å². The van der Waals surface area contributed by atoms with Gasteiger partial charge in [-0.25, -0.2) is 0 Å². The predicted molar refractivity (Wildman–Crippen MR) is 160 cm³/mol. The number of benzene rings is 3. The maximum Gasteiger partial charge on any atom is 0.230 e. The molecule has 6 nitrogen and oxygen atoms in total. The van der Waals surface area contributed by atoms with Crippen LogP contribution >= 0.6 is 11.6 Å².